The zero-order valence-electron chi connectivity index (χ0n) is 12.9. The van der Waals surface area contributed by atoms with Crippen LogP contribution >= 0.6 is 27.5 Å². The molecule has 0 unspecified atom stereocenters. The van der Waals surface area contributed by atoms with Crippen LogP contribution < -0.4 is 10.2 Å². The van der Waals surface area contributed by atoms with Gasteiger partial charge < -0.3 is 4.74 Å². The molecule has 1 amide bonds. The number of para-hydroxylation sites is 1. The Bertz CT molecular complexity index is 947. The Labute approximate surface area is 157 Å². The number of nitrogens with one attached hydrogen (secondary N) is 1. The summed E-state index contributed by atoms with van der Waals surface area (Å²) in [7, 11) is 0. The van der Waals surface area contributed by atoms with Gasteiger partial charge in [-0.1, -0.05) is 51.8 Å². The maximum absolute atomic E-state index is 11.8. The van der Waals surface area contributed by atoms with Gasteiger partial charge >= 0.3 is 0 Å². The van der Waals surface area contributed by atoms with Crippen LogP contribution in [0.1, 0.15) is 5.56 Å². The first-order chi connectivity index (χ1) is 12.1. The summed E-state index contributed by atoms with van der Waals surface area (Å²) in [5, 5.41) is 5.16. The lowest BCUT2D eigenvalue weighted by molar-refractivity contribution is -0.123. The number of benzene rings is 2. The molecule has 0 atom stereocenters. The Hall–Kier alpha value is -2.44. The molecule has 1 heterocycles. The molecule has 0 aliphatic rings. The second-order valence-electron chi connectivity index (χ2n) is 5.10. The number of hydrogen-bond acceptors (Lipinski definition) is 4. The molecule has 0 aliphatic carbocycles. The second kappa shape index (κ2) is 8.09. The lowest BCUT2D eigenvalue weighted by atomic mass is 10.2. The monoisotopic (exact) mass is 417 g/mol. The highest BCUT2D eigenvalue weighted by Crippen LogP contribution is 2.19. The van der Waals surface area contributed by atoms with Gasteiger partial charge in [0.25, 0.3) is 5.91 Å². The van der Waals surface area contributed by atoms with Crippen LogP contribution in [0.25, 0.3) is 10.9 Å². The molecule has 1 N–H and O–H groups in total. The quantitative estimate of drug-likeness (QED) is 0.384. The number of rotatable bonds is 5. The van der Waals surface area contributed by atoms with Crippen molar-refractivity contribution in [2.75, 3.05) is 6.61 Å². The van der Waals surface area contributed by atoms with Gasteiger partial charge in [-0.05, 0) is 30.3 Å². The van der Waals surface area contributed by atoms with Crippen LogP contribution in [-0.4, -0.2) is 23.7 Å². The van der Waals surface area contributed by atoms with E-state index in [0.29, 0.717) is 16.5 Å². The van der Waals surface area contributed by atoms with Crippen molar-refractivity contribution < 1.29 is 9.53 Å². The lowest BCUT2D eigenvalue weighted by Crippen LogP contribution is -2.24. The van der Waals surface area contributed by atoms with Crippen molar-refractivity contribution in [1.29, 1.82) is 0 Å². The van der Waals surface area contributed by atoms with Crippen molar-refractivity contribution in [3.63, 3.8) is 0 Å². The average molecular weight is 419 g/mol. The Morgan fingerprint density at radius 3 is 2.92 bits per heavy atom. The van der Waals surface area contributed by atoms with Crippen LogP contribution in [-0.2, 0) is 4.79 Å². The molecule has 0 radical (unpaired) electrons. The van der Waals surface area contributed by atoms with Gasteiger partial charge in [-0.25, -0.2) is 10.4 Å². The summed E-state index contributed by atoms with van der Waals surface area (Å²) in [4.78, 5) is 16.1. The van der Waals surface area contributed by atoms with Gasteiger partial charge in [-0.2, -0.15) is 5.10 Å². The fourth-order valence-corrected chi connectivity index (χ4v) is 2.68. The maximum Gasteiger partial charge on any atom is 0.277 e. The zero-order valence-corrected chi connectivity index (χ0v) is 15.3. The number of carbonyl (C=O) groups excluding carboxylic acids is 1. The summed E-state index contributed by atoms with van der Waals surface area (Å²) < 4.78 is 6.26. The van der Waals surface area contributed by atoms with Crippen LogP contribution in [0.5, 0.6) is 5.75 Å². The minimum atomic E-state index is -0.374. The highest BCUT2D eigenvalue weighted by Gasteiger charge is 2.04. The van der Waals surface area contributed by atoms with Crippen LogP contribution in [0.15, 0.2) is 64.2 Å². The number of halogens is 2. The number of nitrogens with zero attached hydrogens (tertiary/aromatic N) is 2. The molecule has 5 nitrogen and oxygen atoms in total. The molecule has 0 saturated heterocycles. The van der Waals surface area contributed by atoms with Gasteiger partial charge in [0, 0.05) is 15.4 Å². The molecule has 3 aromatic rings. The number of fused-ring (bicyclic) bond motifs is 1. The molecule has 0 saturated carbocycles. The van der Waals surface area contributed by atoms with Gasteiger partial charge in [-0.3, -0.25) is 4.79 Å². The first-order valence-corrected chi connectivity index (χ1v) is 8.54. The van der Waals surface area contributed by atoms with Gasteiger partial charge in [-0.15, -0.1) is 0 Å². The summed E-state index contributed by atoms with van der Waals surface area (Å²) >= 11 is 9.47. The number of ether oxygens (including phenoxy) is 1. The second-order valence-corrected chi connectivity index (χ2v) is 6.37. The van der Waals surface area contributed by atoms with Crippen LogP contribution in [0.4, 0.5) is 0 Å². The van der Waals surface area contributed by atoms with Gasteiger partial charge in [0.1, 0.15) is 10.9 Å². The molecular formula is C18H13BrClN3O2. The predicted octanol–water partition coefficient (Wildman–Crippen LogP) is 4.18. The number of hydrazone groups is 1. The van der Waals surface area contributed by atoms with Crippen molar-refractivity contribution in [2.24, 2.45) is 5.10 Å². The summed E-state index contributed by atoms with van der Waals surface area (Å²) in [6.07, 6.45) is 1.46. The zero-order chi connectivity index (χ0) is 17.6. The van der Waals surface area contributed by atoms with Crippen molar-refractivity contribution in [3.05, 3.63) is 69.8 Å². The third-order valence-corrected chi connectivity index (χ3v) is 4.06. The van der Waals surface area contributed by atoms with E-state index in [0.717, 1.165) is 15.4 Å². The molecule has 126 valence electrons. The molecule has 3 rings (SSSR count). The molecule has 0 spiro atoms. The molecule has 0 fully saturated rings. The molecular weight excluding hydrogens is 406 g/mol. The van der Waals surface area contributed by atoms with E-state index in [1.807, 2.05) is 42.5 Å². The Morgan fingerprint density at radius 2 is 2.08 bits per heavy atom. The topological polar surface area (TPSA) is 63.6 Å². The summed E-state index contributed by atoms with van der Waals surface area (Å²) in [6, 6.07) is 16.7. The Balaban J connectivity index is 1.59. The van der Waals surface area contributed by atoms with Crippen molar-refractivity contribution in [1.82, 2.24) is 10.4 Å². The molecule has 25 heavy (non-hydrogen) atoms. The van der Waals surface area contributed by atoms with E-state index in [1.54, 1.807) is 12.1 Å². The fraction of sp³-hybridized carbons (Fsp3) is 0.0556. The molecule has 2 aromatic carbocycles. The number of pyridine rings is 1. The molecule has 0 bridgehead atoms. The van der Waals surface area contributed by atoms with Crippen molar-refractivity contribution in [3.8, 4) is 5.75 Å². The van der Waals surface area contributed by atoms with E-state index >= 15 is 0 Å². The smallest absolute Gasteiger partial charge is 0.277 e. The minimum absolute atomic E-state index is 0.141. The van der Waals surface area contributed by atoms with E-state index in [4.69, 9.17) is 16.3 Å². The molecule has 7 heteroatoms. The number of hydrogen-bond donors (Lipinski definition) is 1. The maximum atomic E-state index is 11.8. The largest absolute Gasteiger partial charge is 0.484 e. The number of carbonyl (C=O) groups is 1. The SMILES string of the molecule is O=C(COc1cccc(Br)c1)NN=Cc1cc2ccccc2nc1Cl. The first-order valence-electron chi connectivity index (χ1n) is 7.37. The van der Waals surface area contributed by atoms with E-state index in [2.05, 4.69) is 31.4 Å². The standard InChI is InChI=1S/C18H13BrClN3O2/c19-14-5-3-6-15(9-14)25-11-17(24)23-21-10-13-8-12-4-1-2-7-16(12)22-18(13)20/h1-10H,11H2,(H,23,24). The summed E-state index contributed by atoms with van der Waals surface area (Å²) in [5.41, 5.74) is 3.82. The van der Waals surface area contributed by atoms with Gasteiger partial charge in [0.05, 0.1) is 11.7 Å². The van der Waals surface area contributed by atoms with Crippen LogP contribution in [0.2, 0.25) is 5.15 Å². The number of amides is 1. The van der Waals surface area contributed by atoms with Gasteiger partial charge in [0.15, 0.2) is 6.61 Å². The van der Waals surface area contributed by atoms with E-state index < -0.39 is 0 Å². The predicted molar refractivity (Wildman–Crippen MR) is 102 cm³/mol. The van der Waals surface area contributed by atoms with E-state index in [-0.39, 0.29) is 12.5 Å². The van der Waals surface area contributed by atoms with Crippen LogP contribution in [0, 0.1) is 0 Å². The summed E-state index contributed by atoms with van der Waals surface area (Å²) in [5.74, 6) is 0.219. The Kier molecular flexibility index (Phi) is 5.63. The third kappa shape index (κ3) is 4.78. The average Bonchev–Trinajstić information content (AvgIpc) is 2.60. The van der Waals surface area contributed by atoms with E-state index in [1.165, 1.54) is 6.21 Å². The number of aromatic nitrogens is 1. The van der Waals surface area contributed by atoms with Gasteiger partial charge in [0.2, 0.25) is 0 Å². The van der Waals surface area contributed by atoms with Crippen molar-refractivity contribution in [2.45, 2.75) is 0 Å². The third-order valence-electron chi connectivity index (χ3n) is 3.26. The van der Waals surface area contributed by atoms with E-state index in [9.17, 15) is 4.79 Å². The normalized spacial score (nSPS) is 11.0. The van der Waals surface area contributed by atoms with Crippen LogP contribution in [0.3, 0.4) is 0 Å². The molecule has 0 aliphatic heterocycles. The highest BCUT2D eigenvalue weighted by molar-refractivity contribution is 9.10. The highest BCUT2D eigenvalue weighted by atomic mass is 79.9. The fourth-order valence-electron chi connectivity index (χ4n) is 2.11. The molecule has 1 aromatic heterocycles. The summed E-state index contributed by atoms with van der Waals surface area (Å²) in [6.45, 7) is -0.141. The lowest BCUT2D eigenvalue weighted by Gasteiger charge is -2.05. The minimum Gasteiger partial charge on any atom is -0.484 e. The Morgan fingerprint density at radius 1 is 1.24 bits per heavy atom. The first kappa shape index (κ1) is 17.4. The van der Waals surface area contributed by atoms with Crippen molar-refractivity contribution >= 4 is 50.6 Å².